The van der Waals surface area contributed by atoms with Crippen molar-refractivity contribution in [1.82, 2.24) is 4.90 Å². The van der Waals surface area contributed by atoms with Crippen LogP contribution in [0.3, 0.4) is 0 Å². The third-order valence-corrected chi connectivity index (χ3v) is 4.21. The first kappa shape index (κ1) is 11.5. The van der Waals surface area contributed by atoms with Crippen LogP contribution < -0.4 is 0 Å². The van der Waals surface area contributed by atoms with Crippen LogP contribution in [0.15, 0.2) is 29.3 Å². The molecule has 1 aliphatic heterocycles. The number of morpholine rings is 1. The zero-order valence-electron chi connectivity index (χ0n) is 9.79. The van der Waals surface area contributed by atoms with Gasteiger partial charge in [-0.05, 0) is 35.3 Å². The van der Waals surface area contributed by atoms with E-state index < -0.39 is 0 Å². The van der Waals surface area contributed by atoms with Crippen LogP contribution in [0.4, 0.5) is 0 Å². The van der Waals surface area contributed by atoms with Gasteiger partial charge in [0.2, 0.25) is 0 Å². The number of rotatable bonds is 1. The maximum Gasteiger partial charge on any atom is 0.0594 e. The molecule has 0 saturated carbocycles. The summed E-state index contributed by atoms with van der Waals surface area (Å²) < 4.78 is 6.55. The number of ether oxygens (including phenoxy) is 1. The fourth-order valence-corrected chi connectivity index (χ4v) is 3.14. The molecule has 1 atom stereocenters. The fraction of sp³-hybridized carbons (Fsp3) is 0.429. The van der Waals surface area contributed by atoms with E-state index in [-0.39, 0.29) is 0 Å². The Balaban J connectivity index is 1.85. The molecule has 1 aromatic carbocycles. The minimum absolute atomic E-state index is 0.475. The highest BCUT2D eigenvalue weighted by Gasteiger charge is 2.30. The summed E-state index contributed by atoms with van der Waals surface area (Å²) in [5, 5.41) is 0. The second-order valence-electron chi connectivity index (χ2n) is 4.69. The Kier molecular flexibility index (Phi) is 3.07. The highest BCUT2D eigenvalue weighted by atomic mass is 79.9. The van der Waals surface area contributed by atoms with E-state index in [0.29, 0.717) is 6.04 Å². The average Bonchev–Trinajstić information content (AvgIpc) is 2.68. The third-order valence-electron chi connectivity index (χ3n) is 3.72. The summed E-state index contributed by atoms with van der Waals surface area (Å²) in [5.74, 6) is 0. The van der Waals surface area contributed by atoms with Gasteiger partial charge in [0, 0.05) is 23.6 Å². The summed E-state index contributed by atoms with van der Waals surface area (Å²) in [4.78, 5) is 2.50. The van der Waals surface area contributed by atoms with Crippen LogP contribution in [0.1, 0.15) is 11.1 Å². The Hall–Kier alpha value is -0.640. The van der Waals surface area contributed by atoms with E-state index in [9.17, 15) is 0 Å². The van der Waals surface area contributed by atoms with Crippen molar-refractivity contribution in [1.29, 1.82) is 0 Å². The van der Waals surface area contributed by atoms with E-state index in [1.807, 2.05) is 0 Å². The summed E-state index contributed by atoms with van der Waals surface area (Å²) in [6.07, 6.45) is 1.10. The number of hydrogen-bond acceptors (Lipinski definition) is 2. The second-order valence-corrected chi connectivity index (χ2v) is 5.61. The number of hydrogen-bond donors (Lipinski definition) is 0. The average molecular weight is 294 g/mol. The summed E-state index contributed by atoms with van der Waals surface area (Å²) in [7, 11) is 0. The lowest BCUT2D eigenvalue weighted by molar-refractivity contribution is 0.0284. The Labute approximate surface area is 110 Å². The third kappa shape index (κ3) is 2.07. The number of benzene rings is 1. The Morgan fingerprint density at radius 3 is 2.82 bits per heavy atom. The van der Waals surface area contributed by atoms with Crippen molar-refractivity contribution in [2.45, 2.75) is 12.5 Å². The van der Waals surface area contributed by atoms with Gasteiger partial charge in [0.15, 0.2) is 0 Å². The van der Waals surface area contributed by atoms with Gasteiger partial charge in [0.05, 0.1) is 13.2 Å². The molecule has 0 aromatic heterocycles. The van der Waals surface area contributed by atoms with Crippen LogP contribution in [0.5, 0.6) is 0 Å². The summed E-state index contributed by atoms with van der Waals surface area (Å²) in [6.45, 7) is 8.05. The molecule has 0 radical (unpaired) electrons. The zero-order valence-corrected chi connectivity index (χ0v) is 11.4. The number of nitrogens with zero attached hydrogens (tertiary/aromatic N) is 1. The molecule has 17 heavy (non-hydrogen) atoms. The molecule has 0 bridgehead atoms. The van der Waals surface area contributed by atoms with Crippen molar-refractivity contribution >= 4 is 21.5 Å². The molecule has 1 unspecified atom stereocenters. The molecule has 0 spiro atoms. The van der Waals surface area contributed by atoms with Gasteiger partial charge >= 0.3 is 0 Å². The van der Waals surface area contributed by atoms with E-state index in [4.69, 9.17) is 4.74 Å². The SMILES string of the molecule is C=C1c2cc(Br)ccc2CC1N1CCOCC1. The van der Waals surface area contributed by atoms with Crippen molar-refractivity contribution in [3.63, 3.8) is 0 Å². The fourth-order valence-electron chi connectivity index (χ4n) is 2.78. The Morgan fingerprint density at radius 1 is 1.29 bits per heavy atom. The molecular weight excluding hydrogens is 278 g/mol. The maximum atomic E-state index is 5.41. The smallest absolute Gasteiger partial charge is 0.0594 e. The van der Waals surface area contributed by atoms with Crippen LogP contribution in [-0.4, -0.2) is 37.2 Å². The predicted octanol–water partition coefficient (Wildman–Crippen LogP) is 2.72. The minimum Gasteiger partial charge on any atom is -0.379 e. The van der Waals surface area contributed by atoms with Crippen LogP contribution in [0.2, 0.25) is 0 Å². The van der Waals surface area contributed by atoms with Crippen molar-refractivity contribution < 1.29 is 4.74 Å². The summed E-state index contributed by atoms with van der Waals surface area (Å²) >= 11 is 3.53. The molecule has 1 fully saturated rings. The molecule has 90 valence electrons. The van der Waals surface area contributed by atoms with Gasteiger partial charge in [-0.25, -0.2) is 0 Å². The minimum atomic E-state index is 0.475. The molecule has 1 heterocycles. The van der Waals surface area contributed by atoms with Gasteiger partial charge in [-0.2, -0.15) is 0 Å². The van der Waals surface area contributed by atoms with E-state index in [2.05, 4.69) is 45.6 Å². The van der Waals surface area contributed by atoms with Gasteiger partial charge in [-0.3, -0.25) is 4.90 Å². The van der Waals surface area contributed by atoms with Crippen molar-refractivity contribution in [3.05, 3.63) is 40.4 Å². The lowest BCUT2D eigenvalue weighted by Crippen LogP contribution is -2.43. The van der Waals surface area contributed by atoms with Gasteiger partial charge in [-0.15, -0.1) is 0 Å². The molecule has 1 aliphatic carbocycles. The molecule has 3 heteroatoms. The molecular formula is C14H16BrNO. The first-order valence-corrected chi connectivity index (χ1v) is 6.84. The molecule has 3 rings (SSSR count). The van der Waals surface area contributed by atoms with Gasteiger partial charge in [0.25, 0.3) is 0 Å². The van der Waals surface area contributed by atoms with Crippen molar-refractivity contribution in [2.75, 3.05) is 26.3 Å². The Morgan fingerprint density at radius 2 is 2.06 bits per heavy atom. The van der Waals surface area contributed by atoms with Crippen LogP contribution in [0.25, 0.3) is 5.57 Å². The summed E-state index contributed by atoms with van der Waals surface area (Å²) in [5.41, 5.74) is 4.02. The largest absolute Gasteiger partial charge is 0.379 e. The molecule has 1 aromatic rings. The molecule has 0 amide bonds. The van der Waals surface area contributed by atoms with Crippen LogP contribution in [0, 0.1) is 0 Å². The van der Waals surface area contributed by atoms with E-state index in [1.165, 1.54) is 16.7 Å². The maximum absolute atomic E-state index is 5.41. The lowest BCUT2D eigenvalue weighted by Gasteiger charge is -2.32. The number of fused-ring (bicyclic) bond motifs is 1. The van der Waals surface area contributed by atoms with Crippen LogP contribution in [-0.2, 0) is 11.2 Å². The van der Waals surface area contributed by atoms with E-state index in [1.54, 1.807) is 0 Å². The van der Waals surface area contributed by atoms with Gasteiger partial charge in [0.1, 0.15) is 0 Å². The number of halogens is 1. The predicted molar refractivity (Wildman–Crippen MR) is 73.1 cm³/mol. The highest BCUT2D eigenvalue weighted by Crippen LogP contribution is 2.36. The van der Waals surface area contributed by atoms with E-state index in [0.717, 1.165) is 37.2 Å². The van der Waals surface area contributed by atoms with Gasteiger partial charge in [-0.1, -0.05) is 28.6 Å². The first-order chi connectivity index (χ1) is 8.25. The molecule has 2 aliphatic rings. The quantitative estimate of drug-likeness (QED) is 0.789. The van der Waals surface area contributed by atoms with Crippen LogP contribution >= 0.6 is 15.9 Å². The highest BCUT2D eigenvalue weighted by molar-refractivity contribution is 9.10. The molecule has 2 nitrogen and oxygen atoms in total. The standard InChI is InChI=1S/C14H16BrNO/c1-10-13-9-12(15)3-2-11(13)8-14(10)16-4-6-17-7-5-16/h2-3,9,14H,1,4-8H2. The topological polar surface area (TPSA) is 12.5 Å². The lowest BCUT2D eigenvalue weighted by atomic mass is 10.1. The van der Waals surface area contributed by atoms with Crippen molar-refractivity contribution in [3.8, 4) is 0 Å². The zero-order chi connectivity index (χ0) is 11.8. The monoisotopic (exact) mass is 293 g/mol. The molecule has 0 N–H and O–H groups in total. The summed E-state index contributed by atoms with van der Waals surface area (Å²) in [6, 6.07) is 7.00. The second kappa shape index (κ2) is 4.56. The Bertz CT molecular complexity index is 452. The van der Waals surface area contributed by atoms with E-state index >= 15 is 0 Å². The first-order valence-electron chi connectivity index (χ1n) is 6.05. The normalized spacial score (nSPS) is 25.0. The van der Waals surface area contributed by atoms with Gasteiger partial charge < -0.3 is 4.74 Å². The molecule has 1 saturated heterocycles. The van der Waals surface area contributed by atoms with Crippen molar-refractivity contribution in [2.24, 2.45) is 0 Å².